The third-order valence-electron chi connectivity index (χ3n) is 3.21. The number of nitrogens with zero attached hydrogens (tertiary/aromatic N) is 1. The summed E-state index contributed by atoms with van der Waals surface area (Å²) < 4.78 is 41.2. The van der Waals surface area contributed by atoms with Crippen molar-refractivity contribution in [2.24, 2.45) is 0 Å². The van der Waals surface area contributed by atoms with Gasteiger partial charge in [-0.15, -0.1) is 0 Å². The second kappa shape index (κ2) is 6.94. The first-order chi connectivity index (χ1) is 11.2. The Morgan fingerprint density at radius 1 is 1.33 bits per heavy atom. The van der Waals surface area contributed by atoms with Gasteiger partial charge >= 0.3 is 6.18 Å². The van der Waals surface area contributed by atoms with Crippen molar-refractivity contribution < 1.29 is 22.7 Å². The molecule has 0 unspecified atom stereocenters. The van der Waals surface area contributed by atoms with Crippen molar-refractivity contribution in [2.45, 2.75) is 32.0 Å². The number of alkyl halides is 3. The molecule has 0 aliphatic carbocycles. The summed E-state index contributed by atoms with van der Waals surface area (Å²) in [4.78, 5) is 19.2. The number of rotatable bonds is 6. The Kier molecular flexibility index (Phi) is 5.16. The molecule has 2 N–H and O–H groups in total. The lowest BCUT2D eigenvalue weighted by atomic mass is 10.0. The first-order valence-corrected chi connectivity index (χ1v) is 7.25. The minimum atomic E-state index is -4.40. The molecule has 2 aromatic rings. The number of hydrogen-bond acceptors (Lipinski definition) is 3. The normalized spacial score (nSPS) is 12.0. The summed E-state index contributed by atoms with van der Waals surface area (Å²) in [6.45, 7) is 2.23. The summed E-state index contributed by atoms with van der Waals surface area (Å²) in [5, 5.41) is 2.83. The highest BCUT2D eigenvalue weighted by atomic mass is 19.4. The van der Waals surface area contributed by atoms with Crippen LogP contribution in [0.2, 0.25) is 0 Å². The van der Waals surface area contributed by atoms with E-state index in [1.807, 2.05) is 0 Å². The highest BCUT2D eigenvalue weighted by Crippen LogP contribution is 2.20. The van der Waals surface area contributed by atoms with Gasteiger partial charge in [0, 0.05) is 12.4 Å². The lowest BCUT2D eigenvalue weighted by Gasteiger charge is -2.24. The zero-order valence-corrected chi connectivity index (χ0v) is 13.3. The van der Waals surface area contributed by atoms with Crippen molar-refractivity contribution in [3.63, 3.8) is 0 Å². The van der Waals surface area contributed by atoms with Gasteiger partial charge in [0.1, 0.15) is 11.6 Å². The second-order valence-corrected chi connectivity index (χ2v) is 5.84. The average molecular weight is 341 g/mol. The minimum Gasteiger partial charge on any atom is -0.484 e. The van der Waals surface area contributed by atoms with Gasteiger partial charge in [-0.05, 0) is 31.5 Å². The molecule has 1 aromatic heterocycles. The number of ether oxygens (including phenoxy) is 1. The minimum absolute atomic E-state index is 0.0212. The van der Waals surface area contributed by atoms with Crippen LogP contribution < -0.4 is 10.1 Å². The summed E-state index contributed by atoms with van der Waals surface area (Å²) in [6, 6.07) is 6.04. The largest absolute Gasteiger partial charge is 0.484 e. The summed E-state index contributed by atoms with van der Waals surface area (Å²) in [7, 11) is 0. The number of aromatic nitrogens is 2. The van der Waals surface area contributed by atoms with Gasteiger partial charge in [-0.2, -0.15) is 13.2 Å². The van der Waals surface area contributed by atoms with Gasteiger partial charge in [-0.1, -0.05) is 12.1 Å². The first kappa shape index (κ1) is 17.8. The number of carbonyl (C=O) groups is 1. The number of hydrogen-bond donors (Lipinski definition) is 2. The molecular formula is C16H18F3N3O2. The van der Waals surface area contributed by atoms with Crippen LogP contribution in [0.5, 0.6) is 5.75 Å². The molecule has 0 aliphatic rings. The van der Waals surface area contributed by atoms with Crippen molar-refractivity contribution in [2.75, 3.05) is 6.61 Å². The third-order valence-corrected chi connectivity index (χ3v) is 3.21. The van der Waals surface area contributed by atoms with Crippen LogP contribution in [0, 0.1) is 0 Å². The molecule has 1 amide bonds. The molecule has 130 valence electrons. The van der Waals surface area contributed by atoms with Crippen LogP contribution in [-0.2, 0) is 16.8 Å². The Hall–Kier alpha value is -2.51. The van der Waals surface area contributed by atoms with E-state index in [0.29, 0.717) is 11.4 Å². The predicted octanol–water partition coefficient (Wildman–Crippen LogP) is 2.94. The molecule has 1 aromatic carbocycles. The van der Waals surface area contributed by atoms with Gasteiger partial charge in [0.05, 0.1) is 12.0 Å². The zero-order valence-electron chi connectivity index (χ0n) is 13.3. The van der Waals surface area contributed by atoms with Crippen molar-refractivity contribution in [1.29, 1.82) is 0 Å². The quantitative estimate of drug-likeness (QED) is 0.849. The highest BCUT2D eigenvalue weighted by Gasteiger charge is 2.28. The van der Waals surface area contributed by atoms with E-state index in [-0.39, 0.29) is 18.1 Å². The average Bonchev–Trinajstić information content (AvgIpc) is 2.99. The van der Waals surface area contributed by atoms with Gasteiger partial charge in [0.2, 0.25) is 5.91 Å². The second-order valence-electron chi connectivity index (χ2n) is 5.84. The smallest absolute Gasteiger partial charge is 0.422 e. The number of carbonyl (C=O) groups excluding carboxylic acids is 1. The number of nitrogens with one attached hydrogen (secondary N) is 2. The number of aromatic amines is 1. The maximum absolute atomic E-state index is 12.2. The monoisotopic (exact) mass is 341 g/mol. The van der Waals surface area contributed by atoms with E-state index in [0.717, 1.165) is 0 Å². The Morgan fingerprint density at radius 2 is 2.08 bits per heavy atom. The van der Waals surface area contributed by atoms with Crippen LogP contribution in [0.4, 0.5) is 13.2 Å². The fourth-order valence-corrected chi connectivity index (χ4v) is 2.15. The van der Waals surface area contributed by atoms with Gasteiger partial charge < -0.3 is 15.0 Å². The third kappa shape index (κ3) is 5.29. The Labute approximate surface area is 137 Å². The molecule has 0 atom stereocenters. The predicted molar refractivity (Wildman–Crippen MR) is 81.5 cm³/mol. The lowest BCUT2D eigenvalue weighted by molar-refractivity contribution is -0.153. The molecule has 0 bridgehead atoms. The number of H-pyrrole nitrogens is 1. The van der Waals surface area contributed by atoms with Gasteiger partial charge in [-0.25, -0.2) is 4.98 Å². The summed E-state index contributed by atoms with van der Waals surface area (Å²) in [5.74, 6) is 0.408. The van der Waals surface area contributed by atoms with Crippen molar-refractivity contribution in [3.05, 3.63) is 48.0 Å². The summed E-state index contributed by atoms with van der Waals surface area (Å²) in [6.07, 6.45) is -1.14. The fraction of sp³-hybridized carbons (Fsp3) is 0.375. The van der Waals surface area contributed by atoms with Crippen molar-refractivity contribution >= 4 is 5.91 Å². The lowest BCUT2D eigenvalue weighted by Crippen LogP contribution is -2.42. The maximum Gasteiger partial charge on any atom is 0.422 e. The van der Waals surface area contributed by atoms with Gasteiger partial charge in [-0.3, -0.25) is 4.79 Å². The van der Waals surface area contributed by atoms with Crippen molar-refractivity contribution in [1.82, 2.24) is 15.3 Å². The zero-order chi connectivity index (χ0) is 17.8. The van der Waals surface area contributed by atoms with Crippen LogP contribution in [-0.4, -0.2) is 28.7 Å². The first-order valence-electron chi connectivity index (χ1n) is 7.25. The van der Waals surface area contributed by atoms with E-state index in [1.165, 1.54) is 12.1 Å². The number of imidazole rings is 1. The van der Waals surface area contributed by atoms with Crippen molar-refractivity contribution in [3.8, 4) is 5.75 Å². The molecule has 0 radical (unpaired) electrons. The standard InChI is InChI=1S/C16H18F3N3O2/c1-15(2,14-20-6-7-21-14)22-13(23)9-11-4-3-5-12(8-11)24-10-16(17,18)19/h3-8H,9-10H2,1-2H3,(H,20,21)(H,22,23). The fourth-order valence-electron chi connectivity index (χ4n) is 2.15. The molecule has 0 fully saturated rings. The van der Waals surface area contributed by atoms with E-state index in [9.17, 15) is 18.0 Å². The van der Waals surface area contributed by atoms with E-state index >= 15 is 0 Å². The maximum atomic E-state index is 12.2. The van der Waals surface area contributed by atoms with Crippen LogP contribution >= 0.6 is 0 Å². The number of halogens is 3. The molecule has 0 aliphatic heterocycles. The number of amides is 1. The molecule has 0 spiro atoms. The molecule has 1 heterocycles. The SMILES string of the molecule is CC(C)(NC(=O)Cc1cccc(OCC(F)(F)F)c1)c1ncc[nH]1. The van der Waals surface area contributed by atoms with Crippen LogP contribution in [0.15, 0.2) is 36.7 Å². The Morgan fingerprint density at radius 3 is 2.71 bits per heavy atom. The summed E-state index contributed by atoms with van der Waals surface area (Å²) >= 11 is 0. The Balaban J connectivity index is 1.97. The Bertz CT molecular complexity index is 682. The van der Waals surface area contributed by atoms with E-state index in [4.69, 9.17) is 0 Å². The molecule has 24 heavy (non-hydrogen) atoms. The molecule has 0 saturated carbocycles. The van der Waals surface area contributed by atoms with Crippen LogP contribution in [0.1, 0.15) is 25.2 Å². The topological polar surface area (TPSA) is 67.0 Å². The van der Waals surface area contributed by atoms with Gasteiger partial charge in [0.25, 0.3) is 0 Å². The molecule has 5 nitrogen and oxygen atoms in total. The number of benzene rings is 1. The molecule has 8 heteroatoms. The molecular weight excluding hydrogens is 323 g/mol. The van der Waals surface area contributed by atoms with Crippen LogP contribution in [0.25, 0.3) is 0 Å². The van der Waals surface area contributed by atoms with E-state index in [1.54, 1.807) is 38.4 Å². The summed E-state index contributed by atoms with van der Waals surface area (Å²) in [5.41, 5.74) is -0.132. The molecule has 0 saturated heterocycles. The van der Waals surface area contributed by atoms with E-state index in [2.05, 4.69) is 20.0 Å². The van der Waals surface area contributed by atoms with Crippen LogP contribution in [0.3, 0.4) is 0 Å². The van der Waals surface area contributed by atoms with Gasteiger partial charge in [0.15, 0.2) is 6.61 Å². The highest BCUT2D eigenvalue weighted by molar-refractivity contribution is 5.79. The van der Waals surface area contributed by atoms with E-state index < -0.39 is 18.3 Å². The molecule has 2 rings (SSSR count).